The van der Waals surface area contributed by atoms with Gasteiger partial charge >= 0.3 is 0 Å². The van der Waals surface area contributed by atoms with E-state index in [1.54, 1.807) is 7.11 Å². The molecule has 1 heterocycles. The summed E-state index contributed by atoms with van der Waals surface area (Å²) in [7, 11) is 1.62. The Balaban J connectivity index is 2.09. The summed E-state index contributed by atoms with van der Waals surface area (Å²) in [5.74, 6) is 0.697. The first-order valence-corrected chi connectivity index (χ1v) is 8.32. The maximum atomic E-state index is 13.0. The summed E-state index contributed by atoms with van der Waals surface area (Å²) < 4.78 is 7.53. The van der Waals surface area contributed by atoms with E-state index in [1.807, 2.05) is 55.5 Å². The van der Waals surface area contributed by atoms with Crippen molar-refractivity contribution in [3.63, 3.8) is 0 Å². The van der Waals surface area contributed by atoms with E-state index in [4.69, 9.17) is 4.74 Å². The van der Waals surface area contributed by atoms with Crippen molar-refractivity contribution in [2.24, 2.45) is 0 Å². The molecule has 0 spiro atoms. The lowest BCUT2D eigenvalue weighted by Gasteiger charge is -2.16. The van der Waals surface area contributed by atoms with Gasteiger partial charge in [-0.15, -0.1) is 0 Å². The highest BCUT2D eigenvalue weighted by molar-refractivity contribution is 5.94. The maximum absolute atomic E-state index is 13.0. The van der Waals surface area contributed by atoms with E-state index in [0.717, 1.165) is 22.0 Å². The zero-order valence-corrected chi connectivity index (χ0v) is 14.3. The molecule has 0 aliphatic carbocycles. The molecule has 3 nitrogen and oxygen atoms in total. The number of hydrogen-bond acceptors (Lipinski definition) is 2. The molecule has 0 N–H and O–H groups in total. The van der Waals surface area contributed by atoms with Crippen LogP contribution in [0.4, 0.5) is 0 Å². The van der Waals surface area contributed by atoms with Gasteiger partial charge in [-0.3, -0.25) is 4.79 Å². The van der Waals surface area contributed by atoms with Crippen molar-refractivity contribution < 1.29 is 4.74 Å². The van der Waals surface area contributed by atoms with Gasteiger partial charge in [0.2, 0.25) is 0 Å². The number of rotatable bonds is 3. The van der Waals surface area contributed by atoms with Crippen LogP contribution in [0.25, 0.3) is 21.8 Å². The van der Waals surface area contributed by atoms with Gasteiger partial charge in [0, 0.05) is 17.3 Å². The Kier molecular flexibility index (Phi) is 3.77. The highest BCUT2D eigenvalue weighted by Crippen LogP contribution is 2.24. The fourth-order valence-electron chi connectivity index (χ4n) is 3.34. The largest absolute Gasteiger partial charge is 0.497 e. The third kappa shape index (κ3) is 2.68. The molecule has 0 aliphatic heterocycles. The van der Waals surface area contributed by atoms with E-state index in [0.29, 0.717) is 17.7 Å². The molecule has 0 bridgehead atoms. The second-order valence-electron chi connectivity index (χ2n) is 6.30. The molecule has 4 rings (SSSR count). The molecule has 0 fully saturated rings. The summed E-state index contributed by atoms with van der Waals surface area (Å²) in [5.41, 5.74) is 4.21. The number of pyridine rings is 1. The normalized spacial score (nSPS) is 11.1. The number of fused-ring (bicyclic) bond motifs is 2. The first kappa shape index (κ1) is 15.5. The molecule has 3 heteroatoms. The molecule has 0 amide bonds. The van der Waals surface area contributed by atoms with Gasteiger partial charge < -0.3 is 9.30 Å². The minimum absolute atomic E-state index is 0.0527. The monoisotopic (exact) mass is 329 g/mol. The van der Waals surface area contributed by atoms with Crippen LogP contribution in [0.1, 0.15) is 11.1 Å². The Hall–Kier alpha value is -3.07. The number of ether oxygens (including phenoxy) is 1. The number of hydrogen-bond donors (Lipinski definition) is 0. The smallest absolute Gasteiger partial charge is 0.197 e. The summed E-state index contributed by atoms with van der Waals surface area (Å²) in [4.78, 5) is 13.0. The van der Waals surface area contributed by atoms with Crippen LogP contribution >= 0.6 is 0 Å². The molecule has 0 aliphatic rings. The van der Waals surface area contributed by atoms with E-state index in [-0.39, 0.29) is 5.43 Å². The molecule has 0 saturated carbocycles. The molecule has 0 atom stereocenters. The second kappa shape index (κ2) is 6.10. The maximum Gasteiger partial charge on any atom is 0.197 e. The summed E-state index contributed by atoms with van der Waals surface area (Å²) in [6, 6.07) is 22.1. The van der Waals surface area contributed by atoms with Gasteiger partial charge in [0.15, 0.2) is 5.43 Å². The van der Waals surface area contributed by atoms with E-state index in [2.05, 4.69) is 22.8 Å². The van der Waals surface area contributed by atoms with Gasteiger partial charge in [0.25, 0.3) is 0 Å². The van der Waals surface area contributed by atoms with Crippen LogP contribution in [0, 0.1) is 6.92 Å². The molecule has 124 valence electrons. The molecule has 0 saturated heterocycles. The number of methoxy groups -OCH3 is 1. The molecule has 0 radical (unpaired) electrons. The minimum Gasteiger partial charge on any atom is -0.497 e. The summed E-state index contributed by atoms with van der Waals surface area (Å²) in [5, 5.41) is 1.44. The van der Waals surface area contributed by atoms with Crippen molar-refractivity contribution in [3.05, 3.63) is 88.1 Å². The summed E-state index contributed by atoms with van der Waals surface area (Å²) >= 11 is 0. The summed E-state index contributed by atoms with van der Waals surface area (Å²) in [6.07, 6.45) is 0. The summed E-state index contributed by atoms with van der Waals surface area (Å²) in [6.45, 7) is 2.72. The van der Waals surface area contributed by atoms with Crippen LogP contribution < -0.4 is 10.2 Å². The number of nitrogens with zero attached hydrogens (tertiary/aromatic N) is 1. The third-order valence-corrected chi connectivity index (χ3v) is 4.61. The molecular weight excluding hydrogens is 310 g/mol. The van der Waals surface area contributed by atoms with Crippen LogP contribution in [-0.4, -0.2) is 11.7 Å². The van der Waals surface area contributed by atoms with Gasteiger partial charge in [0.1, 0.15) is 5.75 Å². The van der Waals surface area contributed by atoms with Crippen LogP contribution in [0.3, 0.4) is 0 Å². The molecule has 3 aromatic carbocycles. The number of aryl methyl sites for hydroxylation is 1. The average Bonchev–Trinajstić information content (AvgIpc) is 2.65. The third-order valence-electron chi connectivity index (χ3n) is 4.61. The van der Waals surface area contributed by atoms with Gasteiger partial charge in [-0.05, 0) is 42.8 Å². The predicted octanol–water partition coefficient (Wildman–Crippen LogP) is 4.52. The van der Waals surface area contributed by atoms with Crippen LogP contribution in [0.15, 0.2) is 71.5 Å². The highest BCUT2D eigenvalue weighted by Gasteiger charge is 2.12. The fourth-order valence-corrected chi connectivity index (χ4v) is 3.34. The van der Waals surface area contributed by atoms with Gasteiger partial charge in [-0.25, -0.2) is 0 Å². The van der Waals surface area contributed by atoms with Crippen LogP contribution in [0.5, 0.6) is 5.75 Å². The minimum atomic E-state index is 0.0527. The van der Waals surface area contributed by atoms with Crippen molar-refractivity contribution in [1.82, 2.24) is 4.57 Å². The molecule has 25 heavy (non-hydrogen) atoms. The van der Waals surface area contributed by atoms with Crippen molar-refractivity contribution in [3.8, 4) is 5.75 Å². The Morgan fingerprint density at radius 1 is 0.880 bits per heavy atom. The van der Waals surface area contributed by atoms with E-state index < -0.39 is 0 Å². The lowest BCUT2D eigenvalue weighted by molar-refractivity contribution is 0.415. The highest BCUT2D eigenvalue weighted by atomic mass is 16.5. The standard InChI is InChI=1S/C22H19NO2/c1-15-8-10-20-18(12-15)22(24)19-13-17(25-2)9-11-21(19)23(20)14-16-6-4-3-5-7-16/h3-13H,14H2,1-2H3. The zero-order valence-electron chi connectivity index (χ0n) is 14.3. The first-order valence-electron chi connectivity index (χ1n) is 8.32. The quantitative estimate of drug-likeness (QED) is 0.518. The van der Waals surface area contributed by atoms with Gasteiger partial charge in [-0.1, -0.05) is 42.0 Å². The van der Waals surface area contributed by atoms with Crippen molar-refractivity contribution in [1.29, 1.82) is 0 Å². The number of aromatic nitrogens is 1. The predicted molar refractivity (Wildman–Crippen MR) is 103 cm³/mol. The Labute approximate surface area is 146 Å². The van der Waals surface area contributed by atoms with Gasteiger partial charge in [0.05, 0.1) is 18.1 Å². The molecule has 1 aromatic heterocycles. The lowest BCUT2D eigenvalue weighted by Crippen LogP contribution is -2.12. The molecule has 0 unspecified atom stereocenters. The zero-order chi connectivity index (χ0) is 17.4. The molecular formula is C22H19NO2. The topological polar surface area (TPSA) is 31.2 Å². The van der Waals surface area contributed by atoms with E-state index in [1.165, 1.54) is 5.56 Å². The SMILES string of the molecule is COc1ccc2c(c1)c(=O)c1cc(C)ccc1n2Cc1ccccc1. The Morgan fingerprint density at radius 3 is 2.28 bits per heavy atom. The van der Waals surface area contributed by atoms with Crippen molar-refractivity contribution in [2.45, 2.75) is 13.5 Å². The Bertz CT molecular complexity index is 1130. The van der Waals surface area contributed by atoms with Crippen molar-refractivity contribution in [2.75, 3.05) is 7.11 Å². The van der Waals surface area contributed by atoms with Gasteiger partial charge in [-0.2, -0.15) is 0 Å². The number of benzene rings is 3. The van der Waals surface area contributed by atoms with E-state index in [9.17, 15) is 4.79 Å². The Morgan fingerprint density at radius 2 is 1.56 bits per heavy atom. The lowest BCUT2D eigenvalue weighted by atomic mass is 10.1. The van der Waals surface area contributed by atoms with Crippen LogP contribution in [0.2, 0.25) is 0 Å². The van der Waals surface area contributed by atoms with E-state index >= 15 is 0 Å². The van der Waals surface area contributed by atoms with Crippen molar-refractivity contribution >= 4 is 21.8 Å². The van der Waals surface area contributed by atoms with Crippen LogP contribution in [-0.2, 0) is 6.54 Å². The first-order chi connectivity index (χ1) is 12.2. The second-order valence-corrected chi connectivity index (χ2v) is 6.30. The fraction of sp³-hybridized carbons (Fsp3) is 0.136. The molecule has 4 aromatic rings. The average molecular weight is 329 g/mol.